The molecule has 5 atom stereocenters. The highest BCUT2D eigenvalue weighted by Gasteiger charge is 2.84. The van der Waals surface area contributed by atoms with Gasteiger partial charge in [-0.15, -0.1) is 0 Å². The van der Waals surface area contributed by atoms with Crippen LogP contribution in [0.5, 0.6) is 0 Å². The van der Waals surface area contributed by atoms with E-state index in [0.717, 1.165) is 19.3 Å². The normalized spacial score (nSPS) is 32.1. The molecule has 5 nitrogen and oxygen atoms in total. The zero-order valence-electron chi connectivity index (χ0n) is 27.4. The van der Waals surface area contributed by atoms with Crippen LogP contribution in [0.25, 0.3) is 0 Å². The van der Waals surface area contributed by atoms with Crippen molar-refractivity contribution in [2.24, 2.45) is 5.41 Å². The van der Waals surface area contributed by atoms with Crippen LogP contribution in [-0.2, 0) is 23.7 Å². The average molecular weight is 553 g/mol. The van der Waals surface area contributed by atoms with Crippen molar-refractivity contribution in [1.29, 1.82) is 0 Å². The molecule has 1 saturated heterocycles. The molecule has 2 saturated carbocycles. The van der Waals surface area contributed by atoms with E-state index in [0.29, 0.717) is 19.5 Å². The highest BCUT2D eigenvalue weighted by molar-refractivity contribution is 5.36. The van der Waals surface area contributed by atoms with Gasteiger partial charge in [-0.1, -0.05) is 89.9 Å². The quantitative estimate of drug-likeness (QED) is 0.105. The van der Waals surface area contributed by atoms with E-state index in [2.05, 4.69) is 41.5 Å². The molecule has 0 aromatic heterocycles. The summed E-state index contributed by atoms with van der Waals surface area (Å²) in [6.07, 6.45) is 23.3. The molecule has 1 heterocycles. The highest BCUT2D eigenvalue weighted by atomic mass is 16.6. The van der Waals surface area contributed by atoms with Crippen LogP contribution in [0.1, 0.15) is 165 Å². The van der Waals surface area contributed by atoms with Crippen molar-refractivity contribution in [2.45, 2.75) is 192 Å². The van der Waals surface area contributed by atoms with Gasteiger partial charge in [0.2, 0.25) is 0 Å². The predicted octanol–water partition coefficient (Wildman–Crippen LogP) is 9.09. The third-order valence-corrected chi connectivity index (χ3v) is 9.06. The maximum Gasteiger partial charge on any atom is 0.293 e. The van der Waals surface area contributed by atoms with E-state index in [4.69, 9.17) is 20.3 Å². The Hall–Kier alpha value is -0.650. The Bertz CT molecular complexity index is 760. The SMILES string of the molecule is [3H][C@H]1C[C@@]2(OC(C)(C)C)C[C@]3(CCCCCCCCCCCCCCCCCOC=O)C[C@]3(OC(C)(C)C)[C@H]2O1. The van der Waals surface area contributed by atoms with E-state index in [1.165, 1.54) is 96.3 Å². The first kappa shape index (κ1) is 31.3. The molecule has 0 radical (unpaired) electrons. The van der Waals surface area contributed by atoms with Gasteiger partial charge in [-0.25, -0.2) is 0 Å². The monoisotopic (exact) mass is 552 g/mol. The predicted molar refractivity (Wildman–Crippen MR) is 159 cm³/mol. The molecule has 5 heteroatoms. The van der Waals surface area contributed by atoms with Crippen LogP contribution >= 0.6 is 0 Å². The average Bonchev–Trinajstić information content (AvgIpc) is 3.20. The Labute approximate surface area is 242 Å². The van der Waals surface area contributed by atoms with Crippen LogP contribution in [-0.4, -0.2) is 48.2 Å². The van der Waals surface area contributed by atoms with E-state index in [-0.39, 0.29) is 33.9 Å². The molecule has 0 spiro atoms. The largest absolute Gasteiger partial charge is 0.468 e. The summed E-state index contributed by atoms with van der Waals surface area (Å²) in [6, 6.07) is 0. The summed E-state index contributed by atoms with van der Waals surface area (Å²) in [5, 5.41) is 0. The van der Waals surface area contributed by atoms with Crippen molar-refractivity contribution in [2.75, 3.05) is 13.2 Å². The molecule has 3 fully saturated rings. The smallest absolute Gasteiger partial charge is 0.293 e. The van der Waals surface area contributed by atoms with Gasteiger partial charge in [-0.3, -0.25) is 4.79 Å². The number of carbonyl (C=O) groups is 1. The first-order valence-electron chi connectivity index (χ1n) is 17.0. The molecule has 0 unspecified atom stereocenters. The molecule has 2 aliphatic carbocycles. The minimum atomic E-state index is -0.516. The number of rotatable bonds is 21. The summed E-state index contributed by atoms with van der Waals surface area (Å²) in [4.78, 5) is 10.1. The highest BCUT2D eigenvalue weighted by Crippen LogP contribution is 2.77. The van der Waals surface area contributed by atoms with Crippen LogP contribution in [0.4, 0.5) is 0 Å². The molecule has 0 aromatic rings. The van der Waals surface area contributed by atoms with Gasteiger partial charge in [0.1, 0.15) is 17.3 Å². The fourth-order valence-corrected chi connectivity index (χ4v) is 7.70. The van der Waals surface area contributed by atoms with E-state index in [9.17, 15) is 4.79 Å². The first-order chi connectivity index (χ1) is 18.9. The van der Waals surface area contributed by atoms with Gasteiger partial charge in [0.15, 0.2) is 0 Å². The Kier molecular flexibility index (Phi) is 11.6. The van der Waals surface area contributed by atoms with Gasteiger partial charge >= 0.3 is 0 Å². The second kappa shape index (κ2) is 14.5. The van der Waals surface area contributed by atoms with Crippen molar-refractivity contribution in [3.8, 4) is 0 Å². The summed E-state index contributed by atoms with van der Waals surface area (Å²) in [5.74, 6) is 0. The summed E-state index contributed by atoms with van der Waals surface area (Å²) in [5.41, 5.74) is -1.04. The van der Waals surface area contributed by atoms with Crippen LogP contribution in [0.3, 0.4) is 0 Å². The number of hydrogen-bond acceptors (Lipinski definition) is 5. The lowest BCUT2D eigenvalue weighted by Crippen LogP contribution is -2.50. The number of fused-ring (bicyclic) bond motifs is 3. The first-order valence-corrected chi connectivity index (χ1v) is 16.4. The number of ether oxygens (including phenoxy) is 4. The van der Waals surface area contributed by atoms with Crippen LogP contribution in [0.2, 0.25) is 0 Å². The Morgan fingerprint density at radius 2 is 1.23 bits per heavy atom. The lowest BCUT2D eigenvalue weighted by atomic mass is 9.86. The molecule has 39 heavy (non-hydrogen) atoms. The molecule has 0 N–H and O–H groups in total. The molecule has 3 rings (SSSR count). The standard InChI is InChI=1S/C34H62O5/c1-30(2,3)38-33-23-25-37-29(33)34(39-31(4,5)6)27-32(34,26-33)22-20-18-16-14-12-10-8-7-9-11-13-15-17-19-21-24-36-28-35/h28-29H,7-27H2,1-6H3/t29-,32+,33+,34-/m0/s1/i25T/t25-,29-,32+,33+,34-. The van der Waals surface area contributed by atoms with Crippen molar-refractivity contribution in [3.05, 3.63) is 0 Å². The van der Waals surface area contributed by atoms with Crippen molar-refractivity contribution < 1.29 is 25.1 Å². The topological polar surface area (TPSA) is 54.0 Å². The molecule has 0 aromatic carbocycles. The molecule has 228 valence electrons. The maximum absolute atomic E-state index is 10.1. The number of hydrogen-bond donors (Lipinski definition) is 0. The summed E-state index contributed by atoms with van der Waals surface area (Å²) >= 11 is 0. The van der Waals surface area contributed by atoms with E-state index in [1.807, 2.05) is 0 Å². The third kappa shape index (κ3) is 9.43. The van der Waals surface area contributed by atoms with E-state index < -0.39 is 6.58 Å². The second-order valence-electron chi connectivity index (χ2n) is 14.9. The van der Waals surface area contributed by atoms with Crippen molar-refractivity contribution in [1.82, 2.24) is 0 Å². The zero-order valence-corrected chi connectivity index (χ0v) is 26.4. The fraction of sp³-hybridized carbons (Fsp3) is 0.971. The molecule has 3 aliphatic rings. The zero-order chi connectivity index (χ0) is 29.3. The molecule has 1 aliphatic heterocycles. The van der Waals surface area contributed by atoms with Crippen molar-refractivity contribution >= 4 is 6.47 Å². The Balaban J connectivity index is 1.29. The van der Waals surface area contributed by atoms with Gasteiger partial charge < -0.3 is 18.9 Å². The van der Waals surface area contributed by atoms with Gasteiger partial charge in [0, 0.05) is 11.8 Å². The van der Waals surface area contributed by atoms with Gasteiger partial charge in [0.05, 0.1) is 25.8 Å². The lowest BCUT2D eigenvalue weighted by molar-refractivity contribution is -0.194. The van der Waals surface area contributed by atoms with Gasteiger partial charge in [-0.05, 0) is 67.2 Å². The second-order valence-corrected chi connectivity index (χ2v) is 14.9. The van der Waals surface area contributed by atoms with Crippen molar-refractivity contribution in [3.63, 3.8) is 0 Å². The molecule has 0 bridgehead atoms. The number of carbonyl (C=O) groups excluding carboxylic acids is 1. The molecular weight excluding hydrogens is 488 g/mol. The summed E-state index contributed by atoms with van der Waals surface area (Å²) < 4.78 is 33.1. The summed E-state index contributed by atoms with van der Waals surface area (Å²) in [6.45, 7) is 13.5. The van der Waals surface area contributed by atoms with E-state index in [1.54, 1.807) is 0 Å². The van der Waals surface area contributed by atoms with Gasteiger partial charge in [0.25, 0.3) is 6.47 Å². The maximum atomic E-state index is 10.1. The summed E-state index contributed by atoms with van der Waals surface area (Å²) in [7, 11) is 0. The minimum Gasteiger partial charge on any atom is -0.468 e. The Morgan fingerprint density at radius 3 is 1.72 bits per heavy atom. The van der Waals surface area contributed by atoms with Crippen LogP contribution < -0.4 is 0 Å². The van der Waals surface area contributed by atoms with Gasteiger partial charge in [-0.2, -0.15) is 0 Å². The Morgan fingerprint density at radius 1 is 0.744 bits per heavy atom. The molecule has 0 amide bonds. The minimum absolute atomic E-state index is 0.129. The number of unbranched alkanes of at least 4 members (excludes halogenated alkanes) is 14. The lowest BCUT2D eigenvalue weighted by Gasteiger charge is -2.40. The van der Waals surface area contributed by atoms with Crippen LogP contribution in [0, 0.1) is 5.41 Å². The van der Waals surface area contributed by atoms with Crippen LogP contribution in [0.15, 0.2) is 0 Å². The van der Waals surface area contributed by atoms with E-state index >= 15 is 0 Å². The fourth-order valence-electron chi connectivity index (χ4n) is 7.70. The molecular formula is C34H62O5. The third-order valence-electron chi connectivity index (χ3n) is 9.06.